The first-order valence-corrected chi connectivity index (χ1v) is 10.7. The molecule has 1 fully saturated rings. The minimum absolute atomic E-state index is 0.130. The van der Waals surface area contributed by atoms with Gasteiger partial charge >= 0.3 is 5.97 Å². The fourth-order valence-corrected chi connectivity index (χ4v) is 5.25. The summed E-state index contributed by atoms with van der Waals surface area (Å²) in [7, 11) is 0. The summed E-state index contributed by atoms with van der Waals surface area (Å²) in [6, 6.07) is 12.4. The molecule has 0 unspecified atom stereocenters. The van der Waals surface area contributed by atoms with Crippen molar-refractivity contribution < 1.29 is 14.3 Å². The van der Waals surface area contributed by atoms with Gasteiger partial charge in [0.05, 0.1) is 0 Å². The van der Waals surface area contributed by atoms with E-state index in [-0.39, 0.29) is 17.4 Å². The van der Waals surface area contributed by atoms with Crippen molar-refractivity contribution in [1.82, 2.24) is 10.6 Å². The maximum atomic E-state index is 11.5. The highest BCUT2D eigenvalue weighted by Gasteiger charge is 2.49. The fraction of sp³-hybridized carbons (Fsp3) is 0.417. The highest BCUT2D eigenvalue weighted by Crippen LogP contribution is 2.49. The predicted molar refractivity (Wildman–Crippen MR) is 121 cm³/mol. The zero-order valence-corrected chi connectivity index (χ0v) is 18.9. The Balaban J connectivity index is 1.85. The number of esters is 1. The second-order valence-corrected chi connectivity index (χ2v) is 9.56. The van der Waals surface area contributed by atoms with E-state index in [4.69, 9.17) is 21.7 Å². The molecule has 2 aliphatic heterocycles. The van der Waals surface area contributed by atoms with E-state index in [0.29, 0.717) is 10.9 Å². The molecule has 158 valence electrons. The summed E-state index contributed by atoms with van der Waals surface area (Å²) in [6.45, 7) is 9.79. The average molecular weight is 425 g/mol. The highest BCUT2D eigenvalue weighted by atomic mass is 32.1. The van der Waals surface area contributed by atoms with E-state index in [1.807, 2.05) is 19.1 Å². The SMILES string of the molecule is CC(=O)Oc1cc(C)c2c(c1)O[C@]1(C[C@H]2c2ccc(C)cc2)CC(C)(C)NC(=S)N1. The Morgan fingerprint density at radius 1 is 1.17 bits per heavy atom. The van der Waals surface area contributed by atoms with Crippen LogP contribution in [0.4, 0.5) is 0 Å². The van der Waals surface area contributed by atoms with Crippen LogP contribution in [-0.4, -0.2) is 22.3 Å². The molecule has 6 heteroatoms. The first kappa shape index (κ1) is 20.7. The Morgan fingerprint density at radius 3 is 2.50 bits per heavy atom. The van der Waals surface area contributed by atoms with Gasteiger partial charge in [0.15, 0.2) is 10.8 Å². The maximum absolute atomic E-state index is 11.5. The van der Waals surface area contributed by atoms with Gasteiger partial charge in [-0.3, -0.25) is 4.79 Å². The highest BCUT2D eigenvalue weighted by molar-refractivity contribution is 7.80. The molecule has 2 aromatic carbocycles. The van der Waals surface area contributed by atoms with Crippen LogP contribution in [-0.2, 0) is 4.79 Å². The van der Waals surface area contributed by atoms with E-state index in [1.54, 1.807) is 0 Å². The lowest BCUT2D eigenvalue weighted by molar-refractivity contribution is -0.131. The first-order valence-electron chi connectivity index (χ1n) is 10.2. The van der Waals surface area contributed by atoms with E-state index in [0.717, 1.165) is 29.7 Å². The van der Waals surface area contributed by atoms with Crippen molar-refractivity contribution in [3.8, 4) is 11.5 Å². The molecule has 2 aliphatic rings. The Labute approximate surface area is 183 Å². The van der Waals surface area contributed by atoms with Crippen molar-refractivity contribution in [2.24, 2.45) is 0 Å². The number of carbonyl (C=O) groups excluding carboxylic acids is 1. The van der Waals surface area contributed by atoms with Gasteiger partial charge in [0.1, 0.15) is 11.5 Å². The summed E-state index contributed by atoms with van der Waals surface area (Å²) in [5.74, 6) is 1.01. The number of carbonyl (C=O) groups is 1. The first-order chi connectivity index (χ1) is 14.1. The van der Waals surface area contributed by atoms with Gasteiger partial charge in [-0.25, -0.2) is 0 Å². The van der Waals surface area contributed by atoms with E-state index in [1.165, 1.54) is 18.1 Å². The standard InChI is InChI=1S/C24H28N2O3S/c1-14-6-8-17(9-7-14)19-12-24(13-23(4,5)25-22(30)26-24)29-20-11-18(28-16(3)27)10-15(2)21(19)20/h6-11,19H,12-13H2,1-5H3,(H2,25,26,30)/t19-,24+/m0/s1. The van der Waals surface area contributed by atoms with Crippen LogP contribution < -0.4 is 20.1 Å². The van der Waals surface area contributed by atoms with Gasteiger partial charge in [-0.1, -0.05) is 29.8 Å². The predicted octanol–water partition coefficient (Wildman–Crippen LogP) is 4.49. The van der Waals surface area contributed by atoms with E-state index < -0.39 is 5.72 Å². The van der Waals surface area contributed by atoms with E-state index in [9.17, 15) is 4.79 Å². The lowest BCUT2D eigenvalue weighted by Gasteiger charge is -2.50. The summed E-state index contributed by atoms with van der Waals surface area (Å²) in [6.07, 6.45) is 1.49. The van der Waals surface area contributed by atoms with Crippen molar-refractivity contribution in [2.75, 3.05) is 0 Å². The second-order valence-electron chi connectivity index (χ2n) is 9.15. The number of ether oxygens (including phenoxy) is 2. The van der Waals surface area contributed by atoms with Crippen molar-refractivity contribution in [1.29, 1.82) is 0 Å². The smallest absolute Gasteiger partial charge is 0.308 e. The van der Waals surface area contributed by atoms with Gasteiger partial charge in [0.25, 0.3) is 0 Å². The molecule has 2 N–H and O–H groups in total. The number of fused-ring (bicyclic) bond motifs is 1. The summed E-state index contributed by atoms with van der Waals surface area (Å²) >= 11 is 5.52. The van der Waals surface area contributed by atoms with Crippen LogP contribution in [0.1, 0.15) is 61.8 Å². The Morgan fingerprint density at radius 2 is 1.87 bits per heavy atom. The zero-order valence-electron chi connectivity index (χ0n) is 18.1. The molecule has 0 aromatic heterocycles. The van der Waals surface area contributed by atoms with Crippen molar-refractivity contribution in [2.45, 2.75) is 64.6 Å². The number of rotatable bonds is 2. The molecule has 2 heterocycles. The monoisotopic (exact) mass is 424 g/mol. The van der Waals surface area contributed by atoms with Gasteiger partial charge in [0, 0.05) is 42.9 Å². The van der Waals surface area contributed by atoms with Gasteiger partial charge in [-0.2, -0.15) is 0 Å². The molecule has 0 aliphatic carbocycles. The molecule has 1 saturated heterocycles. The Kier molecular flexibility index (Phi) is 5.01. The number of benzene rings is 2. The Hall–Kier alpha value is -2.60. The van der Waals surface area contributed by atoms with Crippen LogP contribution in [0.25, 0.3) is 0 Å². The third kappa shape index (κ3) is 4.01. The normalized spacial score (nSPS) is 24.3. The number of nitrogens with one attached hydrogen (secondary N) is 2. The van der Waals surface area contributed by atoms with E-state index >= 15 is 0 Å². The summed E-state index contributed by atoms with van der Waals surface area (Å²) in [5.41, 5.74) is 3.78. The molecule has 4 rings (SSSR count). The van der Waals surface area contributed by atoms with Gasteiger partial charge in [-0.05, 0) is 57.1 Å². The third-order valence-electron chi connectivity index (χ3n) is 5.77. The Bertz CT molecular complexity index is 1020. The fourth-order valence-electron chi connectivity index (χ4n) is 4.79. The molecule has 0 bridgehead atoms. The summed E-state index contributed by atoms with van der Waals surface area (Å²) in [4.78, 5) is 11.5. The largest absolute Gasteiger partial charge is 0.468 e. The molecule has 0 saturated carbocycles. The number of hydrogen-bond donors (Lipinski definition) is 2. The van der Waals surface area contributed by atoms with Crippen LogP contribution in [0, 0.1) is 13.8 Å². The third-order valence-corrected chi connectivity index (χ3v) is 5.98. The topological polar surface area (TPSA) is 59.6 Å². The number of hydrogen-bond acceptors (Lipinski definition) is 4. The molecule has 2 aromatic rings. The molecule has 1 spiro atoms. The average Bonchev–Trinajstić information content (AvgIpc) is 2.58. The molecule has 0 amide bonds. The summed E-state index contributed by atoms with van der Waals surface area (Å²) < 4.78 is 12.0. The van der Waals surface area contributed by atoms with E-state index in [2.05, 4.69) is 55.7 Å². The molecular weight excluding hydrogens is 396 g/mol. The lowest BCUT2D eigenvalue weighted by Crippen LogP contribution is -2.69. The van der Waals surface area contributed by atoms with Crippen LogP contribution in [0.2, 0.25) is 0 Å². The van der Waals surface area contributed by atoms with Gasteiger partial charge < -0.3 is 20.1 Å². The van der Waals surface area contributed by atoms with Gasteiger partial charge in [0.2, 0.25) is 0 Å². The molecule has 5 nitrogen and oxygen atoms in total. The summed E-state index contributed by atoms with van der Waals surface area (Å²) in [5, 5.41) is 7.33. The van der Waals surface area contributed by atoms with Crippen molar-refractivity contribution >= 4 is 23.3 Å². The molecule has 0 radical (unpaired) electrons. The van der Waals surface area contributed by atoms with Crippen LogP contribution in [0.15, 0.2) is 36.4 Å². The minimum atomic E-state index is -0.643. The molecular formula is C24H28N2O3S. The van der Waals surface area contributed by atoms with Crippen LogP contribution in [0.5, 0.6) is 11.5 Å². The minimum Gasteiger partial charge on any atom is -0.468 e. The van der Waals surface area contributed by atoms with Gasteiger partial charge in [-0.15, -0.1) is 0 Å². The number of thiocarbonyl (C=S) groups is 1. The molecule has 30 heavy (non-hydrogen) atoms. The molecule has 2 atom stereocenters. The van der Waals surface area contributed by atoms with Crippen molar-refractivity contribution in [3.63, 3.8) is 0 Å². The van der Waals surface area contributed by atoms with Crippen molar-refractivity contribution in [3.05, 3.63) is 58.7 Å². The quantitative estimate of drug-likeness (QED) is 0.421. The maximum Gasteiger partial charge on any atom is 0.308 e. The second kappa shape index (κ2) is 7.27. The zero-order chi connectivity index (χ0) is 21.7. The number of aryl methyl sites for hydroxylation is 2. The van der Waals surface area contributed by atoms with Crippen LogP contribution >= 0.6 is 12.2 Å². The van der Waals surface area contributed by atoms with Crippen LogP contribution in [0.3, 0.4) is 0 Å². The lowest BCUT2D eigenvalue weighted by atomic mass is 9.76.